The Morgan fingerprint density at radius 2 is 1.72 bits per heavy atom. The van der Waals surface area contributed by atoms with Gasteiger partial charge in [0, 0.05) is 6.42 Å². The minimum absolute atomic E-state index is 0.00597. The summed E-state index contributed by atoms with van der Waals surface area (Å²) in [7, 11) is 0. The summed E-state index contributed by atoms with van der Waals surface area (Å²) >= 11 is 0. The van der Waals surface area contributed by atoms with Crippen LogP contribution >= 0.6 is 0 Å². The van der Waals surface area contributed by atoms with Gasteiger partial charge < -0.3 is 19.3 Å². The van der Waals surface area contributed by atoms with Crippen molar-refractivity contribution in [3.63, 3.8) is 0 Å². The molecule has 0 bridgehead atoms. The molecule has 0 aliphatic carbocycles. The van der Waals surface area contributed by atoms with E-state index in [9.17, 15) is 14.4 Å². The van der Waals surface area contributed by atoms with Crippen molar-refractivity contribution in [1.29, 1.82) is 0 Å². The number of carbonyl (C=O) groups excluding carboxylic acids is 3. The maximum absolute atomic E-state index is 12.4. The van der Waals surface area contributed by atoms with Gasteiger partial charge in [-0.3, -0.25) is 14.4 Å². The van der Waals surface area contributed by atoms with Crippen molar-refractivity contribution in [2.45, 2.75) is 72.0 Å². The molecule has 0 saturated heterocycles. The largest absolute Gasteiger partial charge is 0.463 e. The predicted octanol–water partition coefficient (Wildman–Crippen LogP) is 2.03. The van der Waals surface area contributed by atoms with Gasteiger partial charge in [0.25, 0.3) is 0 Å². The second-order valence-electron chi connectivity index (χ2n) is 6.32. The topological polar surface area (TPSA) is 99.1 Å². The fraction of sp³-hybridized carbons (Fsp3) is 0.833. The number of ether oxygens (including phenoxy) is 3. The molecule has 0 aliphatic rings. The number of carbonyl (C=O) groups is 3. The molecular formula is C18H32O7. The molecule has 0 heterocycles. The number of hydrogen-bond acceptors (Lipinski definition) is 7. The van der Waals surface area contributed by atoms with Gasteiger partial charge in [-0.05, 0) is 26.7 Å². The van der Waals surface area contributed by atoms with E-state index in [0.717, 1.165) is 0 Å². The Kier molecular flexibility index (Phi) is 11.3. The van der Waals surface area contributed by atoms with Crippen molar-refractivity contribution in [3.8, 4) is 0 Å². The van der Waals surface area contributed by atoms with Gasteiger partial charge in [0.05, 0.1) is 25.0 Å². The first-order valence-electron chi connectivity index (χ1n) is 8.84. The van der Waals surface area contributed by atoms with Gasteiger partial charge in [-0.1, -0.05) is 20.8 Å². The Morgan fingerprint density at radius 1 is 1.08 bits per heavy atom. The van der Waals surface area contributed by atoms with Gasteiger partial charge >= 0.3 is 11.9 Å². The Hall–Kier alpha value is -1.47. The third kappa shape index (κ3) is 8.97. The molecule has 7 nitrogen and oxygen atoms in total. The molecule has 3 atom stereocenters. The van der Waals surface area contributed by atoms with Crippen LogP contribution < -0.4 is 0 Å². The van der Waals surface area contributed by atoms with E-state index in [0.29, 0.717) is 12.8 Å². The van der Waals surface area contributed by atoms with Crippen LogP contribution in [0.2, 0.25) is 0 Å². The van der Waals surface area contributed by atoms with Gasteiger partial charge in [-0.15, -0.1) is 0 Å². The first-order chi connectivity index (χ1) is 11.7. The minimum atomic E-state index is -1.06. The zero-order valence-corrected chi connectivity index (χ0v) is 16.0. The number of Topliss-reactive ketones (excluding diaryl/α,β-unsaturated/α-hetero) is 1. The molecule has 25 heavy (non-hydrogen) atoms. The first-order valence-corrected chi connectivity index (χ1v) is 8.84. The summed E-state index contributed by atoms with van der Waals surface area (Å²) in [4.78, 5) is 35.5. The van der Waals surface area contributed by atoms with Crippen LogP contribution in [0, 0.1) is 5.92 Å². The Bertz CT molecular complexity index is 435. The molecule has 0 aromatic rings. The molecule has 0 aliphatic heterocycles. The van der Waals surface area contributed by atoms with Gasteiger partial charge in [0.15, 0.2) is 5.78 Å². The van der Waals surface area contributed by atoms with E-state index in [1.807, 2.05) is 13.8 Å². The van der Waals surface area contributed by atoms with E-state index < -0.39 is 17.7 Å². The summed E-state index contributed by atoms with van der Waals surface area (Å²) in [6.45, 7) is 8.68. The maximum atomic E-state index is 12.4. The molecule has 0 rings (SSSR count). The predicted molar refractivity (Wildman–Crippen MR) is 91.9 cm³/mol. The van der Waals surface area contributed by atoms with E-state index in [-0.39, 0.29) is 50.3 Å². The lowest BCUT2D eigenvalue weighted by Gasteiger charge is -2.30. The third-order valence-corrected chi connectivity index (χ3v) is 4.11. The molecule has 0 saturated carbocycles. The number of hydrogen-bond donors (Lipinski definition) is 1. The SMILES string of the molecule is CCC(C)C(=O)OCC(C)OC(C)(CC)C(=O)CCC(=O)OCCO. The summed E-state index contributed by atoms with van der Waals surface area (Å²) in [5, 5.41) is 8.60. The van der Waals surface area contributed by atoms with Gasteiger partial charge in [-0.2, -0.15) is 0 Å². The molecule has 0 radical (unpaired) electrons. The molecule has 1 N–H and O–H groups in total. The normalized spacial score (nSPS) is 15.8. The molecule has 0 spiro atoms. The zero-order chi connectivity index (χ0) is 19.5. The lowest BCUT2D eigenvalue weighted by Crippen LogP contribution is -2.42. The fourth-order valence-corrected chi connectivity index (χ4v) is 2.04. The standard InChI is InChI=1S/C18H32O7/c1-6-13(3)17(22)24-12-14(4)25-18(5,7-2)15(20)8-9-16(21)23-11-10-19/h13-14,19H,6-12H2,1-5H3. The lowest BCUT2D eigenvalue weighted by atomic mass is 9.93. The van der Waals surface area contributed by atoms with Crippen LogP contribution in [0.25, 0.3) is 0 Å². The lowest BCUT2D eigenvalue weighted by molar-refractivity contribution is -0.164. The van der Waals surface area contributed by atoms with Crippen LogP contribution in [0.1, 0.15) is 60.3 Å². The van der Waals surface area contributed by atoms with Crippen LogP contribution in [0.3, 0.4) is 0 Å². The van der Waals surface area contributed by atoms with E-state index in [2.05, 4.69) is 0 Å². The quantitative estimate of drug-likeness (QED) is 0.502. The second-order valence-corrected chi connectivity index (χ2v) is 6.32. The van der Waals surface area contributed by atoms with E-state index in [1.165, 1.54) is 0 Å². The fourth-order valence-electron chi connectivity index (χ4n) is 2.04. The average molecular weight is 360 g/mol. The second kappa shape index (κ2) is 12.0. The van der Waals surface area contributed by atoms with Crippen LogP contribution in [0.15, 0.2) is 0 Å². The highest BCUT2D eigenvalue weighted by molar-refractivity contribution is 5.89. The zero-order valence-electron chi connectivity index (χ0n) is 16.0. The van der Waals surface area contributed by atoms with E-state index in [4.69, 9.17) is 19.3 Å². The number of ketones is 1. The van der Waals surface area contributed by atoms with Crippen LogP contribution in [0.4, 0.5) is 0 Å². The van der Waals surface area contributed by atoms with Crippen molar-refractivity contribution in [3.05, 3.63) is 0 Å². The Labute approximate surface area is 150 Å². The molecule has 0 aromatic carbocycles. The van der Waals surface area contributed by atoms with Gasteiger partial charge in [0.2, 0.25) is 0 Å². The molecule has 146 valence electrons. The highest BCUT2D eigenvalue weighted by Gasteiger charge is 2.34. The minimum Gasteiger partial charge on any atom is -0.463 e. The number of esters is 2. The summed E-state index contributed by atoms with van der Waals surface area (Å²) in [5.41, 5.74) is -1.06. The third-order valence-electron chi connectivity index (χ3n) is 4.11. The van der Waals surface area contributed by atoms with Crippen molar-refractivity contribution in [1.82, 2.24) is 0 Å². The maximum Gasteiger partial charge on any atom is 0.308 e. The van der Waals surface area contributed by atoms with Crippen LogP contribution in [-0.2, 0) is 28.6 Å². The Morgan fingerprint density at radius 3 is 2.24 bits per heavy atom. The Balaban J connectivity index is 4.47. The highest BCUT2D eigenvalue weighted by Crippen LogP contribution is 2.22. The monoisotopic (exact) mass is 360 g/mol. The van der Waals surface area contributed by atoms with E-state index in [1.54, 1.807) is 20.8 Å². The summed E-state index contributed by atoms with van der Waals surface area (Å²) in [6.07, 6.45) is 0.624. The van der Waals surface area contributed by atoms with Crippen LogP contribution in [-0.4, -0.2) is 54.4 Å². The number of rotatable bonds is 13. The number of aliphatic hydroxyl groups excluding tert-OH is 1. The summed E-state index contributed by atoms with van der Waals surface area (Å²) in [5.74, 6) is -1.20. The van der Waals surface area contributed by atoms with Gasteiger partial charge in [-0.25, -0.2) is 0 Å². The van der Waals surface area contributed by atoms with Gasteiger partial charge in [0.1, 0.15) is 18.8 Å². The van der Waals surface area contributed by atoms with Crippen molar-refractivity contribution in [2.75, 3.05) is 19.8 Å². The highest BCUT2D eigenvalue weighted by atomic mass is 16.6. The van der Waals surface area contributed by atoms with Crippen molar-refractivity contribution in [2.24, 2.45) is 5.92 Å². The number of aliphatic hydroxyl groups is 1. The van der Waals surface area contributed by atoms with Crippen LogP contribution in [0.5, 0.6) is 0 Å². The summed E-state index contributed by atoms with van der Waals surface area (Å²) < 4.78 is 15.7. The molecular weight excluding hydrogens is 328 g/mol. The van der Waals surface area contributed by atoms with E-state index >= 15 is 0 Å². The molecule has 0 fully saturated rings. The average Bonchev–Trinajstić information content (AvgIpc) is 2.61. The molecule has 7 heteroatoms. The smallest absolute Gasteiger partial charge is 0.308 e. The van der Waals surface area contributed by atoms with Crippen molar-refractivity contribution >= 4 is 17.7 Å². The first kappa shape index (κ1) is 23.5. The molecule has 3 unspecified atom stereocenters. The molecule has 0 aromatic heterocycles. The summed E-state index contributed by atoms with van der Waals surface area (Å²) in [6, 6.07) is 0. The molecule has 0 amide bonds. The van der Waals surface area contributed by atoms with Crippen molar-refractivity contribution < 1.29 is 33.7 Å².